The molecule has 1 heterocycles. The molecule has 0 aliphatic carbocycles. The third-order valence-corrected chi connectivity index (χ3v) is 4.21. The number of carbonyl (C=O) groups is 1. The summed E-state index contributed by atoms with van der Waals surface area (Å²) in [6.45, 7) is 2.19. The zero-order valence-corrected chi connectivity index (χ0v) is 14.4. The summed E-state index contributed by atoms with van der Waals surface area (Å²) >= 11 is 0. The second-order valence-corrected chi connectivity index (χ2v) is 6.13. The molecule has 0 fully saturated rings. The molecule has 0 N–H and O–H groups in total. The van der Waals surface area contributed by atoms with Crippen LogP contribution in [0.4, 0.5) is 0 Å². The highest BCUT2D eigenvalue weighted by atomic mass is 16.5. The van der Waals surface area contributed by atoms with Crippen LogP contribution >= 0.6 is 0 Å². The van der Waals surface area contributed by atoms with E-state index in [0.717, 1.165) is 22.3 Å². The molecule has 0 saturated carbocycles. The van der Waals surface area contributed by atoms with Crippen molar-refractivity contribution < 1.29 is 9.53 Å². The standard InChI is InChI=1S/C22H18N2O2/c1-16-8-7-9-17(14-16)22(25)24-20-13-6-5-12-19(20)23-21(24)15-26-18-10-3-2-4-11-18/h2-14H,15H2,1H3. The number of benzene rings is 3. The van der Waals surface area contributed by atoms with Crippen molar-refractivity contribution in [3.63, 3.8) is 0 Å². The number of hydrogen-bond donors (Lipinski definition) is 0. The van der Waals surface area contributed by atoms with E-state index in [1.807, 2.05) is 85.8 Å². The first-order chi connectivity index (χ1) is 12.7. The number of fused-ring (bicyclic) bond motifs is 1. The average Bonchev–Trinajstić information content (AvgIpc) is 3.05. The van der Waals surface area contributed by atoms with Crippen molar-refractivity contribution in [1.29, 1.82) is 0 Å². The van der Waals surface area contributed by atoms with Gasteiger partial charge in [0.15, 0.2) is 5.82 Å². The van der Waals surface area contributed by atoms with Crippen molar-refractivity contribution in [2.75, 3.05) is 0 Å². The monoisotopic (exact) mass is 342 g/mol. The minimum Gasteiger partial charge on any atom is -0.486 e. The number of para-hydroxylation sites is 3. The zero-order valence-electron chi connectivity index (χ0n) is 14.4. The van der Waals surface area contributed by atoms with E-state index in [4.69, 9.17) is 4.74 Å². The number of imidazole rings is 1. The van der Waals surface area contributed by atoms with Crippen LogP contribution in [0.1, 0.15) is 21.7 Å². The van der Waals surface area contributed by atoms with Gasteiger partial charge in [-0.05, 0) is 43.3 Å². The van der Waals surface area contributed by atoms with Gasteiger partial charge in [0, 0.05) is 5.56 Å². The first-order valence-corrected chi connectivity index (χ1v) is 8.48. The fourth-order valence-corrected chi connectivity index (χ4v) is 2.97. The summed E-state index contributed by atoms with van der Waals surface area (Å²) < 4.78 is 7.48. The Labute approximate surface area is 151 Å². The van der Waals surface area contributed by atoms with Crippen molar-refractivity contribution in [1.82, 2.24) is 9.55 Å². The van der Waals surface area contributed by atoms with Crippen LogP contribution in [0.15, 0.2) is 78.9 Å². The van der Waals surface area contributed by atoms with Crippen molar-refractivity contribution in [3.05, 3.63) is 95.8 Å². The summed E-state index contributed by atoms with van der Waals surface area (Å²) in [5.41, 5.74) is 3.24. The van der Waals surface area contributed by atoms with Crippen LogP contribution in [-0.4, -0.2) is 15.5 Å². The maximum absolute atomic E-state index is 13.2. The molecule has 0 aliphatic heterocycles. The number of aryl methyl sites for hydroxylation is 1. The Balaban J connectivity index is 1.75. The predicted molar refractivity (Wildman–Crippen MR) is 101 cm³/mol. The van der Waals surface area contributed by atoms with Gasteiger partial charge in [-0.2, -0.15) is 0 Å². The number of ether oxygens (including phenoxy) is 1. The second-order valence-electron chi connectivity index (χ2n) is 6.13. The van der Waals surface area contributed by atoms with Crippen LogP contribution in [0.2, 0.25) is 0 Å². The van der Waals surface area contributed by atoms with Gasteiger partial charge in [-0.1, -0.05) is 48.0 Å². The molecule has 1 aromatic heterocycles. The number of carbonyl (C=O) groups excluding carboxylic acids is 1. The number of hydrogen-bond acceptors (Lipinski definition) is 3. The van der Waals surface area contributed by atoms with Crippen LogP contribution in [0.25, 0.3) is 11.0 Å². The Morgan fingerprint density at radius 1 is 0.962 bits per heavy atom. The third-order valence-electron chi connectivity index (χ3n) is 4.21. The van der Waals surface area contributed by atoms with Crippen molar-refractivity contribution in [2.24, 2.45) is 0 Å². The van der Waals surface area contributed by atoms with Crippen molar-refractivity contribution >= 4 is 16.9 Å². The van der Waals surface area contributed by atoms with Gasteiger partial charge in [-0.15, -0.1) is 0 Å². The fourth-order valence-electron chi connectivity index (χ4n) is 2.97. The lowest BCUT2D eigenvalue weighted by Gasteiger charge is -2.10. The van der Waals surface area contributed by atoms with Crippen LogP contribution in [0.5, 0.6) is 5.75 Å². The molecule has 26 heavy (non-hydrogen) atoms. The Morgan fingerprint density at radius 3 is 2.54 bits per heavy atom. The zero-order chi connectivity index (χ0) is 17.9. The van der Waals surface area contributed by atoms with Gasteiger partial charge in [0.05, 0.1) is 11.0 Å². The van der Waals surface area contributed by atoms with Gasteiger partial charge in [-0.25, -0.2) is 4.98 Å². The van der Waals surface area contributed by atoms with Crippen LogP contribution in [-0.2, 0) is 6.61 Å². The smallest absolute Gasteiger partial charge is 0.263 e. The number of aromatic nitrogens is 2. The van der Waals surface area contributed by atoms with Gasteiger partial charge >= 0.3 is 0 Å². The van der Waals surface area contributed by atoms with Gasteiger partial charge < -0.3 is 4.74 Å². The van der Waals surface area contributed by atoms with Gasteiger partial charge in [-0.3, -0.25) is 9.36 Å². The van der Waals surface area contributed by atoms with E-state index in [9.17, 15) is 4.79 Å². The molecule has 4 rings (SSSR count). The summed E-state index contributed by atoms with van der Waals surface area (Å²) in [5, 5.41) is 0. The molecule has 0 unspecified atom stereocenters. The van der Waals surface area contributed by atoms with E-state index in [2.05, 4.69) is 4.98 Å². The van der Waals surface area contributed by atoms with Gasteiger partial charge in [0.25, 0.3) is 5.91 Å². The fraction of sp³-hybridized carbons (Fsp3) is 0.0909. The summed E-state index contributed by atoms with van der Waals surface area (Å²) in [6, 6.07) is 24.7. The average molecular weight is 342 g/mol. The number of rotatable bonds is 4. The van der Waals surface area contributed by atoms with Crippen LogP contribution in [0, 0.1) is 6.92 Å². The van der Waals surface area contributed by atoms with E-state index in [-0.39, 0.29) is 12.5 Å². The predicted octanol–water partition coefficient (Wildman–Crippen LogP) is 4.61. The third kappa shape index (κ3) is 3.09. The van der Waals surface area contributed by atoms with E-state index in [1.54, 1.807) is 4.57 Å². The highest BCUT2D eigenvalue weighted by Crippen LogP contribution is 2.20. The Bertz CT molecular complexity index is 1070. The van der Waals surface area contributed by atoms with Crippen molar-refractivity contribution in [3.8, 4) is 5.75 Å². The summed E-state index contributed by atoms with van der Waals surface area (Å²) in [5.74, 6) is 1.23. The molecule has 0 bridgehead atoms. The molecule has 3 aromatic carbocycles. The molecule has 0 spiro atoms. The molecule has 0 amide bonds. The first kappa shape index (κ1) is 16.1. The first-order valence-electron chi connectivity index (χ1n) is 8.48. The molecule has 0 radical (unpaired) electrons. The molecule has 4 nitrogen and oxygen atoms in total. The summed E-state index contributed by atoms with van der Waals surface area (Å²) in [7, 11) is 0. The number of nitrogens with zero attached hydrogens (tertiary/aromatic N) is 2. The second kappa shape index (κ2) is 6.84. The van der Waals surface area contributed by atoms with E-state index < -0.39 is 0 Å². The van der Waals surface area contributed by atoms with Crippen LogP contribution in [0.3, 0.4) is 0 Å². The minimum atomic E-state index is -0.103. The largest absolute Gasteiger partial charge is 0.486 e. The normalized spacial score (nSPS) is 10.8. The SMILES string of the molecule is Cc1cccc(C(=O)n2c(COc3ccccc3)nc3ccccc32)c1. The lowest BCUT2D eigenvalue weighted by molar-refractivity contribution is 0.0956. The lowest BCUT2D eigenvalue weighted by Crippen LogP contribution is -2.17. The van der Waals surface area contributed by atoms with Gasteiger partial charge in [0.1, 0.15) is 12.4 Å². The molecular weight excluding hydrogens is 324 g/mol. The molecule has 128 valence electrons. The Kier molecular flexibility index (Phi) is 4.23. The highest BCUT2D eigenvalue weighted by molar-refractivity contribution is 6.01. The quantitative estimate of drug-likeness (QED) is 0.544. The molecular formula is C22H18N2O2. The van der Waals surface area contributed by atoms with E-state index >= 15 is 0 Å². The van der Waals surface area contributed by atoms with Crippen molar-refractivity contribution in [2.45, 2.75) is 13.5 Å². The molecule has 0 saturated heterocycles. The maximum atomic E-state index is 13.2. The Hall–Kier alpha value is -3.40. The minimum absolute atomic E-state index is 0.103. The molecule has 4 heteroatoms. The van der Waals surface area contributed by atoms with E-state index in [1.165, 1.54) is 0 Å². The molecule has 0 aliphatic rings. The highest BCUT2D eigenvalue weighted by Gasteiger charge is 2.18. The molecule has 0 atom stereocenters. The Morgan fingerprint density at radius 2 is 1.73 bits per heavy atom. The topological polar surface area (TPSA) is 44.1 Å². The van der Waals surface area contributed by atoms with E-state index in [0.29, 0.717) is 11.4 Å². The van der Waals surface area contributed by atoms with Gasteiger partial charge in [0.2, 0.25) is 0 Å². The molecule has 4 aromatic rings. The maximum Gasteiger partial charge on any atom is 0.263 e. The lowest BCUT2D eigenvalue weighted by atomic mass is 10.1. The van der Waals surface area contributed by atoms with Crippen LogP contribution < -0.4 is 4.74 Å². The summed E-state index contributed by atoms with van der Waals surface area (Å²) in [6.07, 6.45) is 0. The summed E-state index contributed by atoms with van der Waals surface area (Å²) in [4.78, 5) is 17.8.